The number of nitrogens with one attached hydrogen (secondary N) is 1. The molecule has 1 saturated carbocycles. The van der Waals surface area contributed by atoms with Gasteiger partial charge in [-0.25, -0.2) is 0 Å². The second-order valence-electron chi connectivity index (χ2n) is 5.83. The van der Waals surface area contributed by atoms with Gasteiger partial charge in [0.1, 0.15) is 0 Å². The molecule has 100 valence electrons. The molecule has 1 aromatic rings. The fraction of sp³-hybridized carbons (Fsp3) is 0.600. The van der Waals surface area contributed by atoms with Crippen LogP contribution in [0.4, 0.5) is 5.69 Å². The number of nitrogen functional groups attached to an aromatic ring is 1. The van der Waals surface area contributed by atoms with E-state index < -0.39 is 0 Å². The van der Waals surface area contributed by atoms with E-state index in [4.69, 9.17) is 17.3 Å². The first-order valence-corrected chi connectivity index (χ1v) is 7.21. The van der Waals surface area contributed by atoms with Crippen molar-refractivity contribution in [3.8, 4) is 0 Å². The van der Waals surface area contributed by atoms with Crippen LogP contribution in [0, 0.1) is 5.41 Å². The van der Waals surface area contributed by atoms with Crippen molar-refractivity contribution < 1.29 is 0 Å². The van der Waals surface area contributed by atoms with E-state index in [2.05, 4.69) is 12.2 Å². The van der Waals surface area contributed by atoms with Gasteiger partial charge in [-0.2, -0.15) is 0 Å². The number of rotatable bonds is 4. The van der Waals surface area contributed by atoms with Gasteiger partial charge in [0.15, 0.2) is 0 Å². The van der Waals surface area contributed by atoms with Crippen molar-refractivity contribution in [2.75, 3.05) is 12.3 Å². The second-order valence-corrected chi connectivity index (χ2v) is 6.24. The number of halogens is 1. The van der Waals surface area contributed by atoms with Crippen LogP contribution in [0.15, 0.2) is 18.2 Å². The van der Waals surface area contributed by atoms with E-state index >= 15 is 0 Å². The summed E-state index contributed by atoms with van der Waals surface area (Å²) in [6.07, 6.45) is 6.87. The van der Waals surface area contributed by atoms with Gasteiger partial charge in [-0.1, -0.05) is 43.9 Å². The van der Waals surface area contributed by atoms with Crippen molar-refractivity contribution in [2.24, 2.45) is 5.41 Å². The molecule has 0 radical (unpaired) electrons. The van der Waals surface area contributed by atoms with Gasteiger partial charge in [0.05, 0.1) is 10.7 Å². The van der Waals surface area contributed by atoms with E-state index in [1.165, 1.54) is 37.7 Å². The molecule has 1 fully saturated rings. The summed E-state index contributed by atoms with van der Waals surface area (Å²) in [6, 6.07) is 5.86. The van der Waals surface area contributed by atoms with Gasteiger partial charge in [-0.05, 0) is 36.0 Å². The molecule has 0 heterocycles. The summed E-state index contributed by atoms with van der Waals surface area (Å²) in [6.45, 7) is 4.36. The Morgan fingerprint density at radius 2 is 2.00 bits per heavy atom. The van der Waals surface area contributed by atoms with Gasteiger partial charge in [0.2, 0.25) is 0 Å². The third-order valence-electron chi connectivity index (χ3n) is 4.00. The maximum Gasteiger partial charge on any atom is 0.0635 e. The van der Waals surface area contributed by atoms with Gasteiger partial charge in [0, 0.05) is 13.1 Å². The predicted molar refractivity (Wildman–Crippen MR) is 78.8 cm³/mol. The number of nitrogens with two attached hydrogens (primary N) is 1. The molecule has 18 heavy (non-hydrogen) atoms. The number of anilines is 1. The van der Waals surface area contributed by atoms with Crippen molar-refractivity contribution in [3.05, 3.63) is 28.8 Å². The van der Waals surface area contributed by atoms with Gasteiger partial charge >= 0.3 is 0 Å². The predicted octanol–water partition coefficient (Wildman–Crippen LogP) is 3.98. The second kappa shape index (κ2) is 5.94. The zero-order chi connectivity index (χ0) is 13.0. The summed E-state index contributed by atoms with van der Waals surface area (Å²) in [5.74, 6) is 0. The molecule has 2 rings (SSSR count). The maximum atomic E-state index is 5.91. The SMILES string of the molecule is CC1(CNCc2ccc(Cl)c(N)c2)CCCCC1. The molecule has 3 N–H and O–H groups in total. The number of hydrogen-bond acceptors (Lipinski definition) is 2. The minimum atomic E-state index is 0.482. The van der Waals surface area contributed by atoms with Crippen LogP contribution >= 0.6 is 11.6 Å². The van der Waals surface area contributed by atoms with E-state index in [1.807, 2.05) is 18.2 Å². The van der Waals surface area contributed by atoms with Crippen molar-refractivity contribution in [3.63, 3.8) is 0 Å². The van der Waals surface area contributed by atoms with E-state index in [0.29, 0.717) is 16.1 Å². The Bertz CT molecular complexity index is 397. The molecule has 0 saturated heterocycles. The van der Waals surface area contributed by atoms with Crippen LogP contribution < -0.4 is 11.1 Å². The van der Waals surface area contributed by atoms with Crippen molar-refractivity contribution >= 4 is 17.3 Å². The van der Waals surface area contributed by atoms with Crippen LogP contribution in [0.2, 0.25) is 5.02 Å². The molecule has 0 bridgehead atoms. The topological polar surface area (TPSA) is 38.0 Å². The van der Waals surface area contributed by atoms with Crippen LogP contribution in [0.1, 0.15) is 44.6 Å². The van der Waals surface area contributed by atoms with Crippen molar-refractivity contribution in [1.82, 2.24) is 5.32 Å². The first-order valence-electron chi connectivity index (χ1n) is 6.84. The van der Waals surface area contributed by atoms with Crippen LogP contribution in [0.3, 0.4) is 0 Å². The van der Waals surface area contributed by atoms with Crippen LogP contribution in [-0.4, -0.2) is 6.54 Å². The third kappa shape index (κ3) is 3.63. The summed E-state index contributed by atoms with van der Waals surface area (Å²) < 4.78 is 0. The van der Waals surface area contributed by atoms with Gasteiger partial charge < -0.3 is 11.1 Å². The lowest BCUT2D eigenvalue weighted by Gasteiger charge is -2.33. The molecule has 0 unspecified atom stereocenters. The third-order valence-corrected chi connectivity index (χ3v) is 4.35. The molecular weight excluding hydrogens is 244 g/mol. The Morgan fingerprint density at radius 1 is 1.28 bits per heavy atom. The Hall–Kier alpha value is -0.730. The smallest absolute Gasteiger partial charge is 0.0635 e. The van der Waals surface area contributed by atoms with Crippen LogP contribution in [0.25, 0.3) is 0 Å². The monoisotopic (exact) mass is 266 g/mol. The molecule has 0 amide bonds. The lowest BCUT2D eigenvalue weighted by atomic mass is 9.76. The zero-order valence-corrected chi connectivity index (χ0v) is 11.9. The highest BCUT2D eigenvalue weighted by atomic mass is 35.5. The minimum Gasteiger partial charge on any atom is -0.398 e. The van der Waals surface area contributed by atoms with Crippen LogP contribution in [0.5, 0.6) is 0 Å². The van der Waals surface area contributed by atoms with E-state index in [-0.39, 0.29) is 0 Å². The minimum absolute atomic E-state index is 0.482. The maximum absolute atomic E-state index is 5.91. The summed E-state index contributed by atoms with van der Waals surface area (Å²) in [5, 5.41) is 4.20. The lowest BCUT2D eigenvalue weighted by Crippen LogP contribution is -2.33. The number of benzene rings is 1. The standard InChI is InChI=1S/C15H23ClN2/c1-15(7-3-2-4-8-15)11-18-10-12-5-6-13(16)14(17)9-12/h5-6,9,18H,2-4,7-8,10-11,17H2,1H3. The summed E-state index contributed by atoms with van der Waals surface area (Å²) in [4.78, 5) is 0. The first-order chi connectivity index (χ1) is 8.59. The average molecular weight is 267 g/mol. The quantitative estimate of drug-likeness (QED) is 0.809. The Kier molecular flexibility index (Phi) is 4.52. The van der Waals surface area contributed by atoms with Gasteiger partial charge in [-0.3, -0.25) is 0 Å². The molecule has 0 aromatic heterocycles. The number of hydrogen-bond donors (Lipinski definition) is 2. The molecule has 1 aliphatic rings. The first kappa shape index (κ1) is 13.7. The molecule has 0 spiro atoms. The van der Waals surface area contributed by atoms with Crippen molar-refractivity contribution in [1.29, 1.82) is 0 Å². The van der Waals surface area contributed by atoms with Gasteiger partial charge in [0.25, 0.3) is 0 Å². The van der Waals surface area contributed by atoms with E-state index in [9.17, 15) is 0 Å². The summed E-state index contributed by atoms with van der Waals surface area (Å²) >= 11 is 5.91. The molecular formula is C15H23ClN2. The van der Waals surface area contributed by atoms with Gasteiger partial charge in [-0.15, -0.1) is 0 Å². The summed E-state index contributed by atoms with van der Waals surface area (Å²) in [7, 11) is 0. The Labute approximate surface area is 115 Å². The molecule has 1 aromatic carbocycles. The highest BCUT2D eigenvalue weighted by Crippen LogP contribution is 2.35. The molecule has 0 atom stereocenters. The Morgan fingerprint density at radius 3 is 2.67 bits per heavy atom. The molecule has 1 aliphatic carbocycles. The lowest BCUT2D eigenvalue weighted by molar-refractivity contribution is 0.207. The highest BCUT2D eigenvalue weighted by molar-refractivity contribution is 6.33. The normalized spacial score (nSPS) is 18.8. The molecule has 2 nitrogen and oxygen atoms in total. The van der Waals surface area contributed by atoms with E-state index in [1.54, 1.807) is 0 Å². The zero-order valence-electron chi connectivity index (χ0n) is 11.1. The summed E-state index contributed by atoms with van der Waals surface area (Å²) in [5.41, 5.74) is 8.16. The largest absolute Gasteiger partial charge is 0.398 e. The highest BCUT2D eigenvalue weighted by Gasteiger charge is 2.25. The molecule has 3 heteroatoms. The molecule has 0 aliphatic heterocycles. The van der Waals surface area contributed by atoms with Crippen molar-refractivity contribution in [2.45, 2.75) is 45.6 Å². The fourth-order valence-corrected chi connectivity index (χ4v) is 2.91. The fourth-order valence-electron chi connectivity index (χ4n) is 2.79. The van der Waals surface area contributed by atoms with Crippen LogP contribution in [-0.2, 0) is 6.54 Å². The van der Waals surface area contributed by atoms with E-state index in [0.717, 1.165) is 13.1 Å². The average Bonchev–Trinajstić information content (AvgIpc) is 2.34. The Balaban J connectivity index is 1.82.